The van der Waals surface area contributed by atoms with E-state index in [9.17, 15) is 19.4 Å². The number of nitrogens with one attached hydrogen (secondary N) is 1. The minimum atomic E-state index is -4.37. The second-order valence-corrected chi connectivity index (χ2v) is 17.4. The van der Waals surface area contributed by atoms with Gasteiger partial charge >= 0.3 is 7.82 Å². The summed E-state index contributed by atoms with van der Waals surface area (Å²) in [7, 11) is -4.37. The molecule has 0 bridgehead atoms. The van der Waals surface area contributed by atoms with Crippen LogP contribution in [0.15, 0.2) is 97.2 Å². The lowest BCUT2D eigenvalue weighted by Gasteiger charge is -2.23. The number of aliphatic hydroxyl groups excluding tert-OH is 1. The molecule has 0 heterocycles. The van der Waals surface area contributed by atoms with E-state index in [0.29, 0.717) is 6.42 Å². The molecular formula is C52H91N2O6P. The summed E-state index contributed by atoms with van der Waals surface area (Å²) < 4.78 is 22.2. The van der Waals surface area contributed by atoms with E-state index in [0.717, 1.165) is 89.9 Å². The number of hydrogen-bond acceptors (Lipinski definition) is 6. The molecule has 61 heavy (non-hydrogen) atoms. The van der Waals surface area contributed by atoms with Gasteiger partial charge in [-0.2, -0.15) is 0 Å². The summed E-state index contributed by atoms with van der Waals surface area (Å²) in [5.41, 5.74) is 5.38. The number of hydrogen-bond donors (Lipinski definition) is 4. The highest BCUT2D eigenvalue weighted by Crippen LogP contribution is 2.43. The van der Waals surface area contributed by atoms with Crippen molar-refractivity contribution in [1.29, 1.82) is 0 Å². The largest absolute Gasteiger partial charge is 0.472 e. The van der Waals surface area contributed by atoms with Crippen molar-refractivity contribution in [3.05, 3.63) is 97.2 Å². The molecule has 0 aromatic carbocycles. The number of phosphoric ester groups is 1. The molecule has 0 spiro atoms. The minimum absolute atomic E-state index is 0.0646. The average Bonchev–Trinajstić information content (AvgIpc) is 3.25. The van der Waals surface area contributed by atoms with Crippen LogP contribution in [0.2, 0.25) is 0 Å². The standard InChI is InChI=1S/C52H91N2O6P/c1-3-5-7-9-11-13-15-17-19-21-23-24-25-26-28-30-32-34-36-38-40-42-44-46-52(56)54-50(49-60-61(57,58)59-48-47-53)51(55)45-43-41-39-37-35-33-31-29-27-22-20-18-16-14-12-10-8-6-4-2/h5,7,11,13,17,19,23-24,26-29,35,37,43,45,50-51,55H,3-4,6,8-10,12,14-16,18,20-22,25,30-34,36,38-42,44,46-49,53H2,1-2H3,(H,54,56)(H,57,58)/b7-5-,13-11-,19-17-,24-23-,28-26-,29-27+,37-35+,45-43+. The van der Waals surface area contributed by atoms with Gasteiger partial charge < -0.3 is 21.1 Å². The summed E-state index contributed by atoms with van der Waals surface area (Å²) in [5, 5.41) is 13.7. The highest BCUT2D eigenvalue weighted by atomic mass is 31.2. The van der Waals surface area contributed by atoms with E-state index in [1.54, 1.807) is 6.08 Å². The van der Waals surface area contributed by atoms with Gasteiger partial charge in [0.1, 0.15) is 0 Å². The average molecular weight is 871 g/mol. The predicted octanol–water partition coefficient (Wildman–Crippen LogP) is 14.3. The zero-order valence-electron chi connectivity index (χ0n) is 38.9. The van der Waals surface area contributed by atoms with Gasteiger partial charge in [-0.25, -0.2) is 4.57 Å². The number of rotatable bonds is 44. The number of nitrogens with two attached hydrogens (primary N) is 1. The molecule has 0 aliphatic carbocycles. The Kier molecular flexibility index (Phi) is 44.9. The quantitative estimate of drug-likeness (QED) is 0.0272. The van der Waals surface area contributed by atoms with Gasteiger partial charge in [0.15, 0.2) is 0 Å². The topological polar surface area (TPSA) is 131 Å². The van der Waals surface area contributed by atoms with Crippen LogP contribution in [-0.4, -0.2) is 47.8 Å². The zero-order chi connectivity index (χ0) is 44.6. The van der Waals surface area contributed by atoms with Crippen LogP contribution >= 0.6 is 7.82 Å². The molecule has 9 heteroatoms. The first-order chi connectivity index (χ1) is 29.9. The summed E-state index contributed by atoms with van der Waals surface area (Å²) >= 11 is 0. The van der Waals surface area contributed by atoms with Gasteiger partial charge in [-0.1, -0.05) is 195 Å². The Morgan fingerprint density at radius 3 is 1.46 bits per heavy atom. The second kappa shape index (κ2) is 46.9. The molecule has 0 aliphatic rings. The molecule has 0 saturated heterocycles. The smallest absolute Gasteiger partial charge is 0.387 e. The number of allylic oxidation sites excluding steroid dienone is 15. The van der Waals surface area contributed by atoms with Crippen LogP contribution in [0.1, 0.15) is 194 Å². The third-order valence-electron chi connectivity index (χ3n) is 10.1. The van der Waals surface area contributed by atoms with Crippen molar-refractivity contribution in [3.63, 3.8) is 0 Å². The molecule has 3 atom stereocenters. The fourth-order valence-electron chi connectivity index (χ4n) is 6.48. The van der Waals surface area contributed by atoms with Crippen LogP contribution < -0.4 is 11.1 Å². The van der Waals surface area contributed by atoms with Crippen molar-refractivity contribution in [2.45, 2.75) is 206 Å². The Morgan fingerprint density at radius 2 is 0.967 bits per heavy atom. The molecule has 8 nitrogen and oxygen atoms in total. The fourth-order valence-corrected chi connectivity index (χ4v) is 7.24. The molecule has 3 unspecified atom stereocenters. The lowest BCUT2D eigenvalue weighted by Crippen LogP contribution is -2.45. The maximum atomic E-state index is 12.8. The van der Waals surface area contributed by atoms with Gasteiger partial charge in [0, 0.05) is 13.0 Å². The summed E-state index contributed by atoms with van der Waals surface area (Å²) in [6, 6.07) is -0.897. The molecule has 0 aromatic rings. The number of carbonyl (C=O) groups excluding carboxylic acids is 1. The van der Waals surface area contributed by atoms with E-state index >= 15 is 0 Å². The van der Waals surface area contributed by atoms with Crippen molar-refractivity contribution < 1.29 is 28.4 Å². The third kappa shape index (κ3) is 45.3. The van der Waals surface area contributed by atoms with Gasteiger partial charge in [-0.05, 0) is 89.9 Å². The maximum Gasteiger partial charge on any atom is 0.472 e. The molecule has 350 valence electrons. The molecule has 0 saturated carbocycles. The Hall–Kier alpha value is -2.58. The summed E-state index contributed by atoms with van der Waals surface area (Å²) in [6.45, 7) is 3.97. The molecule has 0 radical (unpaired) electrons. The van der Waals surface area contributed by atoms with E-state index in [-0.39, 0.29) is 25.7 Å². The van der Waals surface area contributed by atoms with E-state index in [4.69, 9.17) is 14.8 Å². The first kappa shape index (κ1) is 58.4. The van der Waals surface area contributed by atoms with Crippen molar-refractivity contribution in [2.75, 3.05) is 19.8 Å². The normalized spacial score (nSPS) is 14.8. The summed E-state index contributed by atoms with van der Waals surface area (Å²) in [6.07, 6.45) is 64.6. The third-order valence-corrected chi connectivity index (χ3v) is 11.1. The summed E-state index contributed by atoms with van der Waals surface area (Å²) in [4.78, 5) is 22.8. The van der Waals surface area contributed by atoms with Crippen molar-refractivity contribution >= 4 is 13.7 Å². The lowest BCUT2D eigenvalue weighted by molar-refractivity contribution is -0.123. The van der Waals surface area contributed by atoms with Crippen LogP contribution in [0.3, 0.4) is 0 Å². The molecule has 0 rings (SSSR count). The number of unbranched alkanes of at least 4 members (excludes halogenated alkanes) is 18. The first-order valence-corrected chi connectivity index (χ1v) is 25.9. The number of phosphoric acid groups is 1. The van der Waals surface area contributed by atoms with Crippen LogP contribution in [0, 0.1) is 0 Å². The minimum Gasteiger partial charge on any atom is -0.387 e. The Labute approximate surface area is 374 Å². The zero-order valence-corrected chi connectivity index (χ0v) is 39.8. The Bertz CT molecular complexity index is 1270. The van der Waals surface area contributed by atoms with E-state index in [1.165, 1.54) is 83.5 Å². The molecule has 0 fully saturated rings. The molecule has 5 N–H and O–H groups in total. The summed E-state index contributed by atoms with van der Waals surface area (Å²) in [5.74, 6) is -0.223. The molecule has 1 amide bonds. The maximum absolute atomic E-state index is 12.8. The van der Waals surface area contributed by atoms with E-state index < -0.39 is 20.0 Å². The van der Waals surface area contributed by atoms with Gasteiger partial charge in [0.2, 0.25) is 5.91 Å². The van der Waals surface area contributed by atoms with Gasteiger partial charge in [0.25, 0.3) is 0 Å². The monoisotopic (exact) mass is 871 g/mol. The van der Waals surface area contributed by atoms with Gasteiger partial charge in [-0.15, -0.1) is 0 Å². The van der Waals surface area contributed by atoms with Crippen LogP contribution in [0.5, 0.6) is 0 Å². The highest BCUT2D eigenvalue weighted by molar-refractivity contribution is 7.47. The Balaban J connectivity index is 4.26. The Morgan fingerprint density at radius 1 is 0.557 bits per heavy atom. The molecule has 0 aromatic heterocycles. The van der Waals surface area contributed by atoms with Crippen molar-refractivity contribution in [1.82, 2.24) is 5.32 Å². The second-order valence-electron chi connectivity index (χ2n) is 15.9. The van der Waals surface area contributed by atoms with Crippen LogP contribution in [-0.2, 0) is 18.4 Å². The van der Waals surface area contributed by atoms with Gasteiger partial charge in [-0.3, -0.25) is 13.8 Å². The van der Waals surface area contributed by atoms with E-state index in [1.807, 2.05) is 6.08 Å². The number of carbonyl (C=O) groups is 1. The molecule has 0 aliphatic heterocycles. The van der Waals surface area contributed by atoms with Gasteiger partial charge in [0.05, 0.1) is 25.4 Å². The molecular weight excluding hydrogens is 780 g/mol. The van der Waals surface area contributed by atoms with Crippen molar-refractivity contribution in [2.24, 2.45) is 5.73 Å². The van der Waals surface area contributed by atoms with Crippen LogP contribution in [0.4, 0.5) is 0 Å². The van der Waals surface area contributed by atoms with Crippen LogP contribution in [0.25, 0.3) is 0 Å². The number of aliphatic hydroxyl groups is 1. The first-order valence-electron chi connectivity index (χ1n) is 24.4. The number of amides is 1. The fraction of sp³-hybridized carbons (Fsp3) is 0.673. The predicted molar refractivity (Wildman–Crippen MR) is 262 cm³/mol. The van der Waals surface area contributed by atoms with E-state index in [2.05, 4.69) is 104 Å². The highest BCUT2D eigenvalue weighted by Gasteiger charge is 2.26. The SMILES string of the molecule is CC/C=C\C/C=C\C/C=C\C/C=C\C/C=C\CCCCCCCCCC(=O)NC(COP(=O)(O)OCCN)C(O)/C=C/CC/C=C/CC/C=C/CCCCCCCCCCC. The lowest BCUT2D eigenvalue weighted by atomic mass is 10.1. The van der Waals surface area contributed by atoms with Crippen molar-refractivity contribution in [3.8, 4) is 0 Å².